The van der Waals surface area contributed by atoms with Crippen LogP contribution in [0.4, 0.5) is 18.9 Å². The Kier molecular flexibility index (Phi) is 5.09. The third-order valence-corrected chi connectivity index (χ3v) is 6.56. The number of nitriles is 1. The molecule has 2 aliphatic heterocycles. The number of nitrogens with two attached hydrogens (primary N) is 1. The first-order valence-electron chi connectivity index (χ1n) is 11.0. The molecule has 0 amide bonds. The van der Waals surface area contributed by atoms with Crippen LogP contribution < -0.4 is 20.1 Å². The molecule has 5 rings (SSSR count). The Hall–Kier alpha value is -3.93. The van der Waals surface area contributed by atoms with E-state index in [1.165, 1.54) is 23.1 Å². The number of benzene rings is 2. The van der Waals surface area contributed by atoms with Crippen LogP contribution in [0.5, 0.6) is 11.5 Å². The van der Waals surface area contributed by atoms with Gasteiger partial charge in [-0.15, -0.1) is 0 Å². The van der Waals surface area contributed by atoms with Gasteiger partial charge in [0.25, 0.3) is 0 Å². The summed E-state index contributed by atoms with van der Waals surface area (Å²) in [4.78, 5) is 14.8. The molecule has 0 saturated heterocycles. The highest BCUT2D eigenvalue weighted by atomic mass is 19.4. The second-order valence-electron chi connectivity index (χ2n) is 9.61. The van der Waals surface area contributed by atoms with E-state index in [0.29, 0.717) is 29.2 Å². The van der Waals surface area contributed by atoms with Crippen molar-refractivity contribution in [3.63, 3.8) is 0 Å². The van der Waals surface area contributed by atoms with E-state index in [-0.39, 0.29) is 41.7 Å². The topological polar surface area (TPSA) is 88.6 Å². The molecule has 2 N–H and O–H groups in total. The zero-order valence-corrected chi connectivity index (χ0v) is 19.1. The van der Waals surface area contributed by atoms with Crippen molar-refractivity contribution in [2.75, 3.05) is 11.7 Å². The summed E-state index contributed by atoms with van der Waals surface area (Å²) in [5.74, 6) is -0.188. The Morgan fingerprint density at radius 1 is 1.11 bits per heavy atom. The van der Waals surface area contributed by atoms with Crippen molar-refractivity contribution in [2.45, 2.75) is 38.8 Å². The molecule has 0 aromatic heterocycles. The van der Waals surface area contributed by atoms with E-state index >= 15 is 0 Å². The Morgan fingerprint density at radius 2 is 1.83 bits per heavy atom. The number of nitrogens with zero attached hydrogens (tertiary/aromatic N) is 2. The van der Waals surface area contributed by atoms with E-state index < -0.39 is 23.1 Å². The second kappa shape index (κ2) is 7.80. The minimum Gasteiger partial charge on any atom is -0.454 e. The molecule has 3 aliphatic rings. The van der Waals surface area contributed by atoms with E-state index in [4.69, 9.17) is 15.2 Å². The lowest BCUT2D eigenvalue weighted by Gasteiger charge is -2.44. The predicted octanol–water partition coefficient (Wildman–Crippen LogP) is 5.37. The SMILES string of the molecule is CC1(C)CC(=O)C2=C(C1)N(c1ccccc1C(F)(F)F)C(N)=C(C#N)[C@@H]2c1ccc2c(c1)OCO2. The molecular weight excluding hydrogens is 459 g/mol. The summed E-state index contributed by atoms with van der Waals surface area (Å²) < 4.78 is 52.8. The number of allylic oxidation sites excluding steroid dienone is 3. The van der Waals surface area contributed by atoms with Crippen molar-refractivity contribution in [3.05, 3.63) is 76.3 Å². The summed E-state index contributed by atoms with van der Waals surface area (Å²) in [6.07, 6.45) is -4.16. The van der Waals surface area contributed by atoms with E-state index in [1.807, 2.05) is 13.8 Å². The van der Waals surface area contributed by atoms with Crippen LogP contribution in [0.25, 0.3) is 0 Å². The fraction of sp³-hybridized carbons (Fsp3) is 0.308. The van der Waals surface area contributed by atoms with Crippen molar-refractivity contribution in [1.29, 1.82) is 5.26 Å². The zero-order valence-electron chi connectivity index (χ0n) is 19.1. The van der Waals surface area contributed by atoms with Gasteiger partial charge >= 0.3 is 6.18 Å². The van der Waals surface area contributed by atoms with Gasteiger partial charge in [0.15, 0.2) is 17.3 Å². The van der Waals surface area contributed by atoms with Crippen molar-refractivity contribution in [2.24, 2.45) is 11.1 Å². The normalized spacial score (nSPS) is 21.2. The molecule has 180 valence electrons. The number of hydrogen-bond acceptors (Lipinski definition) is 6. The molecule has 0 saturated carbocycles. The Morgan fingerprint density at radius 3 is 2.54 bits per heavy atom. The molecule has 2 aromatic rings. The average molecular weight is 481 g/mol. The van der Waals surface area contributed by atoms with Crippen LogP contribution in [-0.2, 0) is 11.0 Å². The van der Waals surface area contributed by atoms with Crippen LogP contribution in [0.15, 0.2) is 65.1 Å². The number of carbonyl (C=O) groups excluding carboxylic acids is 1. The molecule has 0 radical (unpaired) electrons. The van der Waals surface area contributed by atoms with Crippen LogP contribution in [0.3, 0.4) is 0 Å². The largest absolute Gasteiger partial charge is 0.454 e. The van der Waals surface area contributed by atoms with Crippen LogP contribution in [0.2, 0.25) is 0 Å². The molecule has 0 unspecified atom stereocenters. The van der Waals surface area contributed by atoms with Gasteiger partial charge in [-0.1, -0.05) is 32.0 Å². The Labute approximate surface area is 200 Å². The monoisotopic (exact) mass is 481 g/mol. The van der Waals surface area contributed by atoms with Gasteiger partial charge in [0.1, 0.15) is 5.82 Å². The molecule has 1 atom stereocenters. The van der Waals surface area contributed by atoms with Gasteiger partial charge in [-0.2, -0.15) is 18.4 Å². The summed E-state index contributed by atoms with van der Waals surface area (Å²) in [5.41, 5.74) is 6.10. The van der Waals surface area contributed by atoms with Gasteiger partial charge < -0.3 is 15.2 Å². The molecule has 2 heterocycles. The maximum Gasteiger partial charge on any atom is 0.418 e. The minimum atomic E-state index is -4.66. The highest BCUT2D eigenvalue weighted by molar-refractivity contribution is 6.01. The third kappa shape index (κ3) is 3.70. The smallest absolute Gasteiger partial charge is 0.418 e. The molecule has 0 fully saturated rings. The van der Waals surface area contributed by atoms with Crippen LogP contribution in [0, 0.1) is 16.7 Å². The summed E-state index contributed by atoms with van der Waals surface area (Å²) in [7, 11) is 0. The summed E-state index contributed by atoms with van der Waals surface area (Å²) in [6.45, 7) is 3.82. The quantitative estimate of drug-likeness (QED) is 0.620. The first-order chi connectivity index (χ1) is 16.5. The lowest BCUT2D eigenvalue weighted by molar-refractivity contribution is -0.137. The number of halogens is 3. The minimum absolute atomic E-state index is 0.00708. The standard InChI is InChI=1S/C26H22F3N3O3/c1-25(2)10-18-23(19(33)11-25)22(14-7-8-20-21(9-14)35-13-34-20)15(12-30)24(31)32(18)17-6-4-3-5-16(17)26(27,28)29/h3-9,22H,10-11,13,31H2,1-2H3/t22-/m0/s1. The van der Waals surface area contributed by atoms with Gasteiger partial charge in [-0.05, 0) is 41.7 Å². The lowest BCUT2D eigenvalue weighted by Crippen LogP contribution is -2.42. The molecule has 1 aliphatic carbocycles. The van der Waals surface area contributed by atoms with E-state index in [2.05, 4.69) is 6.07 Å². The number of rotatable bonds is 2. The molecule has 9 heteroatoms. The highest BCUT2D eigenvalue weighted by Gasteiger charge is 2.46. The van der Waals surface area contributed by atoms with Crippen molar-refractivity contribution in [3.8, 4) is 17.6 Å². The summed E-state index contributed by atoms with van der Waals surface area (Å²) >= 11 is 0. The average Bonchev–Trinajstić information content (AvgIpc) is 3.25. The maximum absolute atomic E-state index is 14.0. The van der Waals surface area contributed by atoms with Crippen molar-refractivity contribution >= 4 is 11.5 Å². The van der Waals surface area contributed by atoms with E-state index in [1.54, 1.807) is 18.2 Å². The third-order valence-electron chi connectivity index (χ3n) is 6.56. The van der Waals surface area contributed by atoms with E-state index in [9.17, 15) is 23.2 Å². The molecule has 35 heavy (non-hydrogen) atoms. The number of alkyl halides is 3. The number of ketones is 1. The van der Waals surface area contributed by atoms with Crippen LogP contribution >= 0.6 is 0 Å². The number of fused-ring (bicyclic) bond motifs is 1. The summed E-state index contributed by atoms with van der Waals surface area (Å²) in [6, 6.07) is 12.2. The second-order valence-corrected chi connectivity index (χ2v) is 9.61. The van der Waals surface area contributed by atoms with Gasteiger partial charge in [0, 0.05) is 17.7 Å². The first kappa shape index (κ1) is 22.8. The number of hydrogen-bond donors (Lipinski definition) is 1. The van der Waals surface area contributed by atoms with Crippen molar-refractivity contribution in [1.82, 2.24) is 0 Å². The Balaban J connectivity index is 1.78. The number of ether oxygens (including phenoxy) is 2. The van der Waals surface area contributed by atoms with Crippen LogP contribution in [-0.4, -0.2) is 12.6 Å². The number of anilines is 1. The fourth-order valence-corrected chi connectivity index (χ4v) is 5.12. The number of para-hydroxylation sites is 1. The highest BCUT2D eigenvalue weighted by Crippen LogP contribution is 2.52. The fourth-order valence-electron chi connectivity index (χ4n) is 5.12. The van der Waals surface area contributed by atoms with Crippen molar-refractivity contribution < 1.29 is 27.4 Å². The molecule has 2 aromatic carbocycles. The first-order valence-corrected chi connectivity index (χ1v) is 11.0. The van der Waals surface area contributed by atoms with Crippen LogP contribution in [0.1, 0.15) is 43.7 Å². The molecule has 6 nitrogen and oxygen atoms in total. The van der Waals surface area contributed by atoms with E-state index in [0.717, 1.165) is 6.07 Å². The number of Topliss-reactive ketones (excluding diaryl/α,β-unsaturated/α-hetero) is 1. The van der Waals surface area contributed by atoms with Gasteiger partial charge in [-0.25, -0.2) is 0 Å². The maximum atomic E-state index is 14.0. The summed E-state index contributed by atoms with van der Waals surface area (Å²) in [5, 5.41) is 10.1. The number of carbonyl (C=O) groups is 1. The molecular formula is C26H22F3N3O3. The predicted molar refractivity (Wildman–Crippen MR) is 121 cm³/mol. The zero-order chi connectivity index (χ0) is 25.1. The van der Waals surface area contributed by atoms with Gasteiger partial charge in [0.05, 0.1) is 28.8 Å². The molecule has 0 bridgehead atoms. The van der Waals surface area contributed by atoms with Gasteiger partial charge in [-0.3, -0.25) is 9.69 Å². The molecule has 0 spiro atoms. The lowest BCUT2D eigenvalue weighted by atomic mass is 9.68. The van der Waals surface area contributed by atoms with Gasteiger partial charge in [0.2, 0.25) is 6.79 Å². The Bertz CT molecular complexity index is 1350.